The molecule has 1 atom stereocenters. The van der Waals surface area contributed by atoms with Crippen molar-refractivity contribution in [1.82, 2.24) is 0 Å². The summed E-state index contributed by atoms with van der Waals surface area (Å²) in [6.07, 6.45) is 93.5. The minimum Gasteiger partial charge on any atom is -0.462 e. The molecular formula is C74H124O6. The first kappa shape index (κ1) is 75.8. The molecule has 0 saturated carbocycles. The molecule has 6 nitrogen and oxygen atoms in total. The average molecular weight is 1110 g/mol. The molecule has 0 aliphatic carbocycles. The second kappa shape index (κ2) is 67.3. The fourth-order valence-electron chi connectivity index (χ4n) is 9.21. The van der Waals surface area contributed by atoms with Crippen LogP contribution in [-0.4, -0.2) is 37.2 Å². The number of hydrogen-bond donors (Lipinski definition) is 0. The zero-order chi connectivity index (χ0) is 57.8. The average Bonchev–Trinajstić information content (AvgIpc) is 3.46. The summed E-state index contributed by atoms with van der Waals surface area (Å²) in [6.45, 7) is 6.50. The molecule has 0 spiro atoms. The van der Waals surface area contributed by atoms with Crippen LogP contribution in [0.5, 0.6) is 0 Å². The van der Waals surface area contributed by atoms with Crippen molar-refractivity contribution >= 4 is 17.9 Å². The molecule has 0 aliphatic rings. The normalized spacial score (nSPS) is 12.9. The van der Waals surface area contributed by atoms with E-state index in [9.17, 15) is 14.4 Å². The molecule has 456 valence electrons. The van der Waals surface area contributed by atoms with Gasteiger partial charge in [-0.2, -0.15) is 0 Å². The SMILES string of the molecule is CC/C=C\C/C=C\C/C=C\C/C=C\C/C=C\C/C=C\C/C=C\C/C=C\C/C=C\CCCC(=O)OCC(COC(=O)CCCCCCCCCCCCCCCCCC)OC(=O)CCCCCCCCC/C=C\CCCCCCCC. The van der Waals surface area contributed by atoms with Crippen molar-refractivity contribution < 1.29 is 28.6 Å². The van der Waals surface area contributed by atoms with Gasteiger partial charge in [-0.15, -0.1) is 0 Å². The molecule has 0 rings (SSSR count). The summed E-state index contributed by atoms with van der Waals surface area (Å²) in [7, 11) is 0. The summed E-state index contributed by atoms with van der Waals surface area (Å²) in [4.78, 5) is 38.4. The quantitative estimate of drug-likeness (QED) is 0.0261. The zero-order valence-electron chi connectivity index (χ0n) is 52.3. The largest absolute Gasteiger partial charge is 0.462 e. The van der Waals surface area contributed by atoms with Crippen LogP contribution >= 0.6 is 0 Å². The van der Waals surface area contributed by atoms with Crippen molar-refractivity contribution in [1.29, 1.82) is 0 Å². The van der Waals surface area contributed by atoms with Crippen molar-refractivity contribution in [3.05, 3.63) is 122 Å². The number of ether oxygens (including phenoxy) is 3. The second-order valence-corrected chi connectivity index (χ2v) is 22.0. The molecule has 0 amide bonds. The van der Waals surface area contributed by atoms with E-state index in [1.165, 1.54) is 161 Å². The van der Waals surface area contributed by atoms with E-state index >= 15 is 0 Å². The maximum Gasteiger partial charge on any atom is 0.306 e. The molecule has 80 heavy (non-hydrogen) atoms. The standard InChI is InChI=1S/C74H124O6/c1-4-7-10-13-16-19-22-25-28-31-32-33-34-35-36-37-38-39-40-41-42-44-46-49-52-55-58-61-64-67-73(76)79-70-71(69-78-72(75)66-63-60-57-54-51-48-45-30-27-24-21-18-15-12-9-6-3)80-74(77)68-65-62-59-56-53-50-47-43-29-26-23-20-17-14-11-8-5-2/h7,10,16,19,25-26,28-29,32-33,35-36,38-39,41-42,46,49,55,58,71H,4-6,8-9,11-15,17-18,20-24,27,30-31,34,37,40,43-45,47-48,50-54,56-57,59-70H2,1-3H3/b10-7-,19-16-,28-25-,29-26-,33-32-,36-35-,39-38-,42-41-,49-46-,58-55-. The first-order valence-corrected chi connectivity index (χ1v) is 33.5. The first-order valence-electron chi connectivity index (χ1n) is 33.5. The third-order valence-electron chi connectivity index (χ3n) is 14.2. The van der Waals surface area contributed by atoms with Gasteiger partial charge in [0.15, 0.2) is 6.10 Å². The minimum atomic E-state index is -0.806. The highest BCUT2D eigenvalue weighted by atomic mass is 16.6. The van der Waals surface area contributed by atoms with Gasteiger partial charge in [-0.05, 0) is 109 Å². The molecule has 1 unspecified atom stereocenters. The molecule has 0 heterocycles. The maximum absolute atomic E-state index is 12.9. The lowest BCUT2D eigenvalue weighted by Crippen LogP contribution is -2.30. The molecule has 0 fully saturated rings. The Labute approximate surface area is 494 Å². The lowest BCUT2D eigenvalue weighted by atomic mass is 10.0. The molecule has 0 aromatic rings. The number of allylic oxidation sites excluding steroid dienone is 20. The van der Waals surface area contributed by atoms with Crippen LogP contribution in [0.1, 0.15) is 310 Å². The van der Waals surface area contributed by atoms with Crippen molar-refractivity contribution in [2.45, 2.75) is 316 Å². The van der Waals surface area contributed by atoms with Crippen LogP contribution in [0.3, 0.4) is 0 Å². The van der Waals surface area contributed by atoms with Crippen molar-refractivity contribution in [2.75, 3.05) is 13.2 Å². The predicted molar refractivity (Wildman–Crippen MR) is 348 cm³/mol. The number of carbonyl (C=O) groups is 3. The van der Waals surface area contributed by atoms with E-state index in [4.69, 9.17) is 14.2 Å². The molecule has 0 bridgehead atoms. The first-order chi connectivity index (χ1) is 39.5. The Bertz CT molecular complexity index is 1650. The fraction of sp³-hybridized carbons (Fsp3) is 0.689. The minimum absolute atomic E-state index is 0.0968. The molecule has 0 N–H and O–H groups in total. The monoisotopic (exact) mass is 1110 g/mol. The van der Waals surface area contributed by atoms with Gasteiger partial charge in [-0.1, -0.05) is 303 Å². The number of unbranched alkanes of at least 4 members (excludes halogenated alkanes) is 29. The topological polar surface area (TPSA) is 78.9 Å². The Balaban J connectivity index is 4.45. The smallest absolute Gasteiger partial charge is 0.306 e. The summed E-state index contributed by atoms with van der Waals surface area (Å²) < 4.78 is 16.9. The van der Waals surface area contributed by atoms with Crippen LogP contribution in [0, 0.1) is 0 Å². The molecule has 6 heteroatoms. The Morgan fingerprint density at radius 3 is 0.825 bits per heavy atom. The van der Waals surface area contributed by atoms with Crippen LogP contribution in [-0.2, 0) is 28.6 Å². The Morgan fingerprint density at radius 2 is 0.500 bits per heavy atom. The van der Waals surface area contributed by atoms with Gasteiger partial charge >= 0.3 is 17.9 Å². The van der Waals surface area contributed by atoms with Gasteiger partial charge in [0.25, 0.3) is 0 Å². The number of hydrogen-bond acceptors (Lipinski definition) is 6. The maximum atomic E-state index is 12.9. The zero-order valence-corrected chi connectivity index (χ0v) is 52.3. The van der Waals surface area contributed by atoms with E-state index in [0.717, 1.165) is 103 Å². The van der Waals surface area contributed by atoms with Crippen LogP contribution in [0.2, 0.25) is 0 Å². The lowest BCUT2D eigenvalue weighted by molar-refractivity contribution is -0.167. The molecule has 0 aromatic heterocycles. The highest BCUT2D eigenvalue weighted by molar-refractivity contribution is 5.71. The van der Waals surface area contributed by atoms with Crippen molar-refractivity contribution in [3.8, 4) is 0 Å². The molecular weight excluding hydrogens is 985 g/mol. The van der Waals surface area contributed by atoms with E-state index in [-0.39, 0.29) is 37.5 Å². The third kappa shape index (κ3) is 64.6. The van der Waals surface area contributed by atoms with Gasteiger partial charge in [0, 0.05) is 19.3 Å². The van der Waals surface area contributed by atoms with E-state index in [1.54, 1.807) is 0 Å². The van der Waals surface area contributed by atoms with Crippen LogP contribution in [0.4, 0.5) is 0 Å². The lowest BCUT2D eigenvalue weighted by Gasteiger charge is -2.18. The van der Waals surface area contributed by atoms with Gasteiger partial charge in [0.05, 0.1) is 0 Å². The number of esters is 3. The summed E-state index contributed by atoms with van der Waals surface area (Å²) >= 11 is 0. The van der Waals surface area contributed by atoms with E-state index < -0.39 is 6.10 Å². The fourth-order valence-corrected chi connectivity index (χ4v) is 9.21. The number of rotatable bonds is 60. The van der Waals surface area contributed by atoms with Gasteiger partial charge < -0.3 is 14.2 Å². The van der Waals surface area contributed by atoms with Crippen LogP contribution in [0.25, 0.3) is 0 Å². The summed E-state index contributed by atoms with van der Waals surface area (Å²) in [5.41, 5.74) is 0. The van der Waals surface area contributed by atoms with Crippen LogP contribution in [0.15, 0.2) is 122 Å². The van der Waals surface area contributed by atoms with Crippen LogP contribution < -0.4 is 0 Å². The Hall–Kier alpha value is -4.19. The molecule has 0 aromatic carbocycles. The van der Waals surface area contributed by atoms with Gasteiger partial charge in [0.2, 0.25) is 0 Å². The van der Waals surface area contributed by atoms with E-state index in [0.29, 0.717) is 19.3 Å². The van der Waals surface area contributed by atoms with Gasteiger partial charge in [0.1, 0.15) is 13.2 Å². The molecule has 0 aliphatic heterocycles. The van der Waals surface area contributed by atoms with Crippen molar-refractivity contribution in [2.24, 2.45) is 0 Å². The third-order valence-corrected chi connectivity index (χ3v) is 14.2. The summed E-state index contributed by atoms with van der Waals surface area (Å²) in [5, 5.41) is 0. The molecule has 0 saturated heterocycles. The van der Waals surface area contributed by atoms with Crippen molar-refractivity contribution in [3.63, 3.8) is 0 Å². The predicted octanol–water partition coefficient (Wildman–Crippen LogP) is 23.2. The highest BCUT2D eigenvalue weighted by Gasteiger charge is 2.19. The second-order valence-electron chi connectivity index (χ2n) is 22.0. The van der Waals surface area contributed by atoms with E-state index in [2.05, 4.69) is 142 Å². The van der Waals surface area contributed by atoms with Gasteiger partial charge in [-0.25, -0.2) is 0 Å². The summed E-state index contributed by atoms with van der Waals surface area (Å²) in [5.74, 6) is -0.954. The Morgan fingerprint density at radius 1 is 0.263 bits per heavy atom. The highest BCUT2D eigenvalue weighted by Crippen LogP contribution is 2.16. The Kier molecular flexibility index (Phi) is 63.8. The van der Waals surface area contributed by atoms with Gasteiger partial charge in [-0.3, -0.25) is 14.4 Å². The van der Waals surface area contributed by atoms with E-state index in [1.807, 2.05) is 0 Å². The number of carbonyl (C=O) groups excluding carboxylic acids is 3. The molecule has 0 radical (unpaired) electrons. The summed E-state index contributed by atoms with van der Waals surface area (Å²) in [6, 6.07) is 0.